The molecule has 7 heteroatoms. The standard InChI is InChI=1S/C22H23NO6/c1-3-28-19-10-8-18(9-11-19)23-13-17(12-20(23)24)22(26)29-14-15-4-6-16(7-5-15)21(25)27-2/h4-11,17H,3,12-14H2,1-2H3. The van der Waals surface area contributed by atoms with Gasteiger partial charge in [0.1, 0.15) is 12.4 Å². The van der Waals surface area contributed by atoms with E-state index in [1.165, 1.54) is 7.11 Å². The highest BCUT2D eigenvalue weighted by atomic mass is 16.5. The summed E-state index contributed by atoms with van der Waals surface area (Å²) in [5, 5.41) is 0. The van der Waals surface area contributed by atoms with Gasteiger partial charge in [0.2, 0.25) is 5.91 Å². The zero-order chi connectivity index (χ0) is 20.8. The molecular weight excluding hydrogens is 374 g/mol. The Morgan fingerprint density at radius 3 is 2.38 bits per heavy atom. The van der Waals surface area contributed by atoms with Crippen molar-refractivity contribution in [2.45, 2.75) is 20.0 Å². The van der Waals surface area contributed by atoms with Crippen LogP contribution in [0.5, 0.6) is 5.75 Å². The number of carbonyl (C=O) groups is 3. The Morgan fingerprint density at radius 1 is 1.07 bits per heavy atom. The summed E-state index contributed by atoms with van der Waals surface area (Å²) in [5.41, 5.74) is 1.90. The first-order valence-electron chi connectivity index (χ1n) is 9.39. The average Bonchev–Trinajstić information content (AvgIpc) is 3.14. The van der Waals surface area contributed by atoms with Crippen LogP contribution in [0.4, 0.5) is 5.69 Å². The molecule has 1 saturated heterocycles. The number of methoxy groups -OCH3 is 1. The van der Waals surface area contributed by atoms with Crippen molar-refractivity contribution in [2.75, 3.05) is 25.2 Å². The molecule has 1 fully saturated rings. The maximum Gasteiger partial charge on any atom is 0.337 e. The third-order valence-corrected chi connectivity index (χ3v) is 4.67. The molecule has 0 bridgehead atoms. The van der Waals surface area contributed by atoms with Crippen molar-refractivity contribution in [1.82, 2.24) is 0 Å². The van der Waals surface area contributed by atoms with E-state index in [1.54, 1.807) is 53.4 Å². The first kappa shape index (κ1) is 20.4. The summed E-state index contributed by atoms with van der Waals surface area (Å²) < 4.78 is 15.4. The molecule has 1 unspecified atom stereocenters. The van der Waals surface area contributed by atoms with Crippen molar-refractivity contribution in [3.05, 3.63) is 59.7 Å². The fourth-order valence-corrected chi connectivity index (χ4v) is 3.13. The molecule has 2 aromatic carbocycles. The second kappa shape index (κ2) is 9.23. The Bertz CT molecular complexity index is 875. The monoisotopic (exact) mass is 397 g/mol. The fraction of sp³-hybridized carbons (Fsp3) is 0.318. The minimum absolute atomic E-state index is 0.0774. The number of esters is 2. The van der Waals surface area contributed by atoms with Gasteiger partial charge in [-0.3, -0.25) is 9.59 Å². The lowest BCUT2D eigenvalue weighted by Gasteiger charge is -2.17. The van der Waals surface area contributed by atoms with Gasteiger partial charge < -0.3 is 19.1 Å². The Hall–Kier alpha value is -3.35. The normalized spacial score (nSPS) is 15.9. The van der Waals surface area contributed by atoms with Gasteiger partial charge in [0.05, 0.1) is 25.2 Å². The van der Waals surface area contributed by atoms with Crippen molar-refractivity contribution in [3.63, 3.8) is 0 Å². The third kappa shape index (κ3) is 4.93. The highest BCUT2D eigenvalue weighted by molar-refractivity contribution is 5.99. The maximum atomic E-state index is 12.4. The number of benzene rings is 2. The van der Waals surface area contributed by atoms with Crippen LogP contribution in [0.3, 0.4) is 0 Å². The number of hydrogen-bond acceptors (Lipinski definition) is 6. The molecule has 0 saturated carbocycles. The molecule has 1 aliphatic heterocycles. The Morgan fingerprint density at radius 2 is 1.76 bits per heavy atom. The van der Waals surface area contributed by atoms with Crippen molar-refractivity contribution in [2.24, 2.45) is 5.92 Å². The van der Waals surface area contributed by atoms with Crippen molar-refractivity contribution < 1.29 is 28.6 Å². The summed E-state index contributed by atoms with van der Waals surface area (Å²) in [5.74, 6) is -0.727. The lowest BCUT2D eigenvalue weighted by atomic mass is 10.1. The van der Waals surface area contributed by atoms with Crippen LogP contribution in [0, 0.1) is 5.92 Å². The zero-order valence-corrected chi connectivity index (χ0v) is 16.4. The zero-order valence-electron chi connectivity index (χ0n) is 16.4. The molecule has 1 amide bonds. The second-order valence-electron chi connectivity index (χ2n) is 6.63. The lowest BCUT2D eigenvalue weighted by Crippen LogP contribution is -2.26. The van der Waals surface area contributed by atoms with Crippen LogP contribution in [-0.2, 0) is 25.7 Å². The minimum atomic E-state index is -0.511. The highest BCUT2D eigenvalue weighted by Crippen LogP contribution is 2.27. The van der Waals surface area contributed by atoms with Gasteiger partial charge >= 0.3 is 11.9 Å². The van der Waals surface area contributed by atoms with Gasteiger partial charge in [0, 0.05) is 18.7 Å². The number of rotatable bonds is 7. The van der Waals surface area contributed by atoms with Crippen LogP contribution in [0.15, 0.2) is 48.5 Å². The summed E-state index contributed by atoms with van der Waals surface area (Å²) in [6.07, 6.45) is 0.118. The largest absolute Gasteiger partial charge is 0.494 e. The molecule has 2 aromatic rings. The van der Waals surface area contributed by atoms with Crippen LogP contribution >= 0.6 is 0 Å². The third-order valence-electron chi connectivity index (χ3n) is 4.67. The molecule has 1 heterocycles. The fourth-order valence-electron chi connectivity index (χ4n) is 3.13. The molecule has 0 radical (unpaired) electrons. The van der Waals surface area contributed by atoms with E-state index in [0.717, 1.165) is 17.0 Å². The van der Waals surface area contributed by atoms with Gasteiger partial charge in [-0.15, -0.1) is 0 Å². The second-order valence-corrected chi connectivity index (χ2v) is 6.63. The van der Waals surface area contributed by atoms with E-state index >= 15 is 0 Å². The van der Waals surface area contributed by atoms with Crippen molar-refractivity contribution in [1.29, 1.82) is 0 Å². The molecule has 29 heavy (non-hydrogen) atoms. The number of ether oxygens (including phenoxy) is 3. The summed E-state index contributed by atoms with van der Waals surface area (Å²) in [6.45, 7) is 2.84. The van der Waals surface area contributed by atoms with E-state index in [2.05, 4.69) is 4.74 Å². The number of hydrogen-bond donors (Lipinski definition) is 0. The number of nitrogens with zero attached hydrogens (tertiary/aromatic N) is 1. The van der Waals surface area contributed by atoms with Crippen molar-refractivity contribution in [3.8, 4) is 5.75 Å². The maximum absolute atomic E-state index is 12.4. The summed E-state index contributed by atoms with van der Waals surface area (Å²) in [7, 11) is 1.32. The first-order chi connectivity index (χ1) is 14.0. The van der Waals surface area contributed by atoms with Gasteiger partial charge in [-0.05, 0) is 48.9 Å². The van der Waals surface area contributed by atoms with E-state index in [1.807, 2.05) is 6.92 Å². The SMILES string of the molecule is CCOc1ccc(N2CC(C(=O)OCc3ccc(C(=O)OC)cc3)CC2=O)cc1. The Kier molecular flexibility index (Phi) is 6.49. The molecule has 3 rings (SSSR count). The van der Waals surface area contributed by atoms with Crippen LogP contribution in [0.2, 0.25) is 0 Å². The quantitative estimate of drug-likeness (QED) is 0.668. The van der Waals surface area contributed by atoms with Crippen LogP contribution in [-0.4, -0.2) is 38.1 Å². The number of carbonyl (C=O) groups excluding carboxylic acids is 3. The van der Waals surface area contributed by atoms with Crippen LogP contribution in [0.25, 0.3) is 0 Å². The summed E-state index contributed by atoms with van der Waals surface area (Å²) >= 11 is 0. The number of anilines is 1. The molecular formula is C22H23NO6. The summed E-state index contributed by atoms with van der Waals surface area (Å²) in [6, 6.07) is 13.8. The number of amides is 1. The van der Waals surface area contributed by atoms with E-state index < -0.39 is 17.9 Å². The van der Waals surface area contributed by atoms with E-state index in [9.17, 15) is 14.4 Å². The van der Waals surface area contributed by atoms with Gasteiger partial charge in [0.15, 0.2) is 0 Å². The molecule has 0 spiro atoms. The highest BCUT2D eigenvalue weighted by Gasteiger charge is 2.36. The van der Waals surface area contributed by atoms with E-state index in [4.69, 9.17) is 9.47 Å². The lowest BCUT2D eigenvalue weighted by molar-refractivity contribution is -0.149. The van der Waals surface area contributed by atoms with E-state index in [0.29, 0.717) is 12.2 Å². The molecule has 152 valence electrons. The van der Waals surface area contributed by atoms with Crippen LogP contribution in [0.1, 0.15) is 29.3 Å². The average molecular weight is 397 g/mol. The van der Waals surface area contributed by atoms with Crippen molar-refractivity contribution >= 4 is 23.5 Å². The van der Waals surface area contributed by atoms with E-state index in [-0.39, 0.29) is 25.5 Å². The molecule has 1 aliphatic rings. The smallest absolute Gasteiger partial charge is 0.337 e. The van der Waals surface area contributed by atoms with Gasteiger partial charge in [0.25, 0.3) is 0 Å². The summed E-state index contributed by atoms with van der Waals surface area (Å²) in [4.78, 5) is 37.8. The van der Waals surface area contributed by atoms with Gasteiger partial charge in [-0.2, -0.15) is 0 Å². The van der Waals surface area contributed by atoms with Gasteiger partial charge in [-0.25, -0.2) is 4.79 Å². The van der Waals surface area contributed by atoms with Gasteiger partial charge in [-0.1, -0.05) is 12.1 Å². The minimum Gasteiger partial charge on any atom is -0.494 e. The predicted molar refractivity (Wildman–Crippen MR) is 106 cm³/mol. The molecule has 0 aromatic heterocycles. The molecule has 7 nitrogen and oxygen atoms in total. The Balaban J connectivity index is 1.55. The molecule has 0 aliphatic carbocycles. The van der Waals surface area contributed by atoms with Crippen LogP contribution < -0.4 is 9.64 Å². The first-order valence-corrected chi connectivity index (χ1v) is 9.39. The topological polar surface area (TPSA) is 82.1 Å². The predicted octanol–water partition coefficient (Wildman–Crippen LogP) is 2.97. The molecule has 0 N–H and O–H groups in total. The Labute approximate surface area is 169 Å². The molecule has 1 atom stereocenters.